The zero-order chi connectivity index (χ0) is 28.5. The average Bonchev–Trinajstić information content (AvgIpc) is 3.39. The molecule has 206 valence electrons. The van der Waals surface area contributed by atoms with Crippen molar-refractivity contribution in [2.24, 2.45) is 0 Å². The summed E-state index contributed by atoms with van der Waals surface area (Å²) >= 11 is 6.29. The number of likely N-dealkylation sites (tertiary alicyclic amines) is 1. The Hall–Kier alpha value is -4.25. The van der Waals surface area contributed by atoms with E-state index in [9.17, 15) is 28.8 Å². The molecule has 0 radical (unpaired) electrons. The van der Waals surface area contributed by atoms with Crippen LogP contribution >= 0.6 is 11.6 Å². The van der Waals surface area contributed by atoms with Crippen LogP contribution in [0.4, 0.5) is 5.69 Å². The number of aliphatic carboxylic acids is 1. The van der Waals surface area contributed by atoms with Crippen LogP contribution in [0, 0.1) is 0 Å². The molecule has 0 bridgehead atoms. The van der Waals surface area contributed by atoms with E-state index in [2.05, 4.69) is 16.0 Å². The van der Waals surface area contributed by atoms with Gasteiger partial charge in [-0.05, 0) is 43.5 Å². The Bertz CT molecular complexity index is 1250. The smallest absolute Gasteiger partial charge is 0.305 e. The number of amides is 4. The summed E-state index contributed by atoms with van der Waals surface area (Å²) in [7, 11) is 0. The number of benzene rings is 2. The first kappa shape index (κ1) is 29.3. The van der Waals surface area contributed by atoms with Gasteiger partial charge in [0.15, 0.2) is 0 Å². The van der Waals surface area contributed by atoms with E-state index in [0.717, 1.165) is 5.56 Å². The van der Waals surface area contributed by atoms with Crippen molar-refractivity contribution in [1.29, 1.82) is 0 Å². The van der Waals surface area contributed by atoms with Crippen LogP contribution in [0.25, 0.3) is 0 Å². The van der Waals surface area contributed by atoms with Gasteiger partial charge in [0.1, 0.15) is 18.4 Å². The summed E-state index contributed by atoms with van der Waals surface area (Å²) in [6.07, 6.45) is 0.789. The Morgan fingerprint density at radius 1 is 1.10 bits per heavy atom. The highest BCUT2D eigenvalue weighted by Gasteiger charge is 2.37. The second-order valence-corrected chi connectivity index (χ2v) is 9.55. The number of carbonyl (C=O) groups is 6. The lowest BCUT2D eigenvalue weighted by atomic mass is 10.1. The zero-order valence-electron chi connectivity index (χ0n) is 21.2. The third-order valence-corrected chi connectivity index (χ3v) is 6.47. The van der Waals surface area contributed by atoms with E-state index in [1.807, 2.05) is 30.3 Å². The molecular formula is C27H29ClN4O7. The minimum absolute atomic E-state index is 0.144. The van der Waals surface area contributed by atoms with Gasteiger partial charge in [-0.2, -0.15) is 0 Å². The standard InChI is InChI=1S/C27H29ClN4O7/c1-16(27(39)32-11-5-8-22(32)26(38)30-19(15-33)14-24(35)36)29-25(37)18-9-10-21(20(28)13-18)31-23(34)12-17-6-3-2-4-7-17/h2-4,6-7,9-10,13,15-16,19,22H,5,8,11-12,14H2,1H3,(H,29,37)(H,30,38)(H,31,34)(H,35,36)/t16-,19?,22-/m0/s1. The second kappa shape index (κ2) is 13.5. The predicted molar refractivity (Wildman–Crippen MR) is 142 cm³/mol. The average molecular weight is 557 g/mol. The molecule has 0 aliphatic carbocycles. The van der Waals surface area contributed by atoms with Crippen LogP contribution in [-0.4, -0.2) is 70.6 Å². The van der Waals surface area contributed by atoms with Crippen molar-refractivity contribution in [3.8, 4) is 0 Å². The summed E-state index contributed by atoms with van der Waals surface area (Å²) < 4.78 is 0. The quantitative estimate of drug-likeness (QED) is 0.307. The SMILES string of the molecule is C[C@H](NC(=O)c1ccc(NC(=O)Cc2ccccc2)c(Cl)c1)C(=O)N1CCC[C@H]1C(=O)NC(C=O)CC(=O)O. The van der Waals surface area contributed by atoms with Gasteiger partial charge in [0, 0.05) is 12.1 Å². The molecule has 3 rings (SSSR count). The van der Waals surface area contributed by atoms with Crippen molar-refractivity contribution in [3.05, 3.63) is 64.7 Å². The van der Waals surface area contributed by atoms with Gasteiger partial charge in [-0.15, -0.1) is 0 Å². The minimum Gasteiger partial charge on any atom is -0.481 e. The minimum atomic E-state index is -1.24. The number of hydrogen-bond acceptors (Lipinski definition) is 6. The molecule has 1 unspecified atom stereocenters. The van der Waals surface area contributed by atoms with Gasteiger partial charge in [0.05, 0.1) is 29.6 Å². The van der Waals surface area contributed by atoms with Crippen LogP contribution < -0.4 is 16.0 Å². The maximum atomic E-state index is 13.0. The highest BCUT2D eigenvalue weighted by molar-refractivity contribution is 6.34. The number of carbonyl (C=O) groups excluding carboxylic acids is 5. The molecular weight excluding hydrogens is 528 g/mol. The number of carboxylic acid groups (broad SMARTS) is 1. The molecule has 1 fully saturated rings. The van der Waals surface area contributed by atoms with Crippen molar-refractivity contribution >= 4 is 53.2 Å². The Morgan fingerprint density at radius 2 is 1.82 bits per heavy atom. The topological polar surface area (TPSA) is 162 Å². The van der Waals surface area contributed by atoms with Crippen molar-refractivity contribution in [3.63, 3.8) is 0 Å². The van der Waals surface area contributed by atoms with Crippen LogP contribution in [0.3, 0.4) is 0 Å². The zero-order valence-corrected chi connectivity index (χ0v) is 21.9. The third-order valence-electron chi connectivity index (χ3n) is 6.16. The molecule has 1 heterocycles. The number of hydrogen-bond donors (Lipinski definition) is 4. The maximum Gasteiger partial charge on any atom is 0.305 e. The molecule has 0 aromatic heterocycles. The van der Waals surface area contributed by atoms with Gasteiger partial charge in [-0.25, -0.2) is 0 Å². The van der Waals surface area contributed by atoms with Crippen LogP contribution in [0.15, 0.2) is 48.5 Å². The summed E-state index contributed by atoms with van der Waals surface area (Å²) in [6, 6.07) is 10.4. The summed E-state index contributed by atoms with van der Waals surface area (Å²) in [4.78, 5) is 74.1. The van der Waals surface area contributed by atoms with Crippen molar-refractivity contribution < 1.29 is 33.9 Å². The molecule has 1 saturated heterocycles. The lowest BCUT2D eigenvalue weighted by Crippen LogP contribution is -2.54. The van der Waals surface area contributed by atoms with E-state index in [1.54, 1.807) is 0 Å². The highest BCUT2D eigenvalue weighted by Crippen LogP contribution is 2.24. The second-order valence-electron chi connectivity index (χ2n) is 9.14. The fourth-order valence-corrected chi connectivity index (χ4v) is 4.45. The molecule has 39 heavy (non-hydrogen) atoms. The van der Waals surface area contributed by atoms with Gasteiger partial charge in [0.25, 0.3) is 5.91 Å². The number of anilines is 1. The van der Waals surface area contributed by atoms with Crippen LogP contribution in [0.2, 0.25) is 5.02 Å². The molecule has 0 spiro atoms. The monoisotopic (exact) mass is 556 g/mol. The number of nitrogens with zero attached hydrogens (tertiary/aromatic N) is 1. The van der Waals surface area contributed by atoms with E-state index in [4.69, 9.17) is 16.7 Å². The van der Waals surface area contributed by atoms with Crippen molar-refractivity contribution in [2.45, 2.75) is 50.7 Å². The van der Waals surface area contributed by atoms with Gasteiger partial charge in [0.2, 0.25) is 17.7 Å². The van der Waals surface area contributed by atoms with Crippen LogP contribution in [0.5, 0.6) is 0 Å². The third kappa shape index (κ3) is 8.11. The Balaban J connectivity index is 1.58. The first-order valence-electron chi connectivity index (χ1n) is 12.3. The van der Waals surface area contributed by atoms with Crippen LogP contribution in [0.1, 0.15) is 42.1 Å². The van der Waals surface area contributed by atoms with E-state index in [-0.39, 0.29) is 29.5 Å². The number of carboxylic acids is 1. The van der Waals surface area contributed by atoms with Gasteiger partial charge < -0.3 is 30.8 Å². The Labute approximate surface area is 229 Å². The summed E-state index contributed by atoms with van der Waals surface area (Å²) in [5.74, 6) is -3.23. The summed E-state index contributed by atoms with van der Waals surface area (Å²) in [5, 5.41) is 16.7. The molecule has 2 aromatic rings. The molecule has 2 aromatic carbocycles. The molecule has 4 N–H and O–H groups in total. The van der Waals surface area contributed by atoms with Gasteiger partial charge in [-0.1, -0.05) is 41.9 Å². The molecule has 4 amide bonds. The van der Waals surface area contributed by atoms with Crippen molar-refractivity contribution in [2.75, 3.05) is 11.9 Å². The van der Waals surface area contributed by atoms with E-state index in [1.165, 1.54) is 30.0 Å². The molecule has 11 nitrogen and oxygen atoms in total. The fraction of sp³-hybridized carbons (Fsp3) is 0.333. The largest absolute Gasteiger partial charge is 0.481 e. The lowest BCUT2D eigenvalue weighted by molar-refractivity contribution is -0.141. The number of nitrogens with one attached hydrogen (secondary N) is 3. The lowest BCUT2D eigenvalue weighted by Gasteiger charge is -2.27. The fourth-order valence-electron chi connectivity index (χ4n) is 4.23. The van der Waals surface area contributed by atoms with Crippen LogP contribution in [-0.2, 0) is 30.4 Å². The molecule has 1 aliphatic rings. The number of halogens is 1. The van der Waals surface area contributed by atoms with Crippen molar-refractivity contribution in [1.82, 2.24) is 15.5 Å². The first-order valence-corrected chi connectivity index (χ1v) is 12.7. The normalized spacial score (nSPS) is 16.1. The molecule has 0 saturated carbocycles. The van der Waals surface area contributed by atoms with E-state index in [0.29, 0.717) is 24.8 Å². The molecule has 12 heteroatoms. The van der Waals surface area contributed by atoms with E-state index < -0.39 is 48.2 Å². The Kier molecular flexibility index (Phi) is 10.2. The first-order chi connectivity index (χ1) is 18.6. The van der Waals surface area contributed by atoms with E-state index >= 15 is 0 Å². The predicted octanol–water partition coefficient (Wildman–Crippen LogP) is 1.79. The number of aldehydes is 1. The van der Waals surface area contributed by atoms with Gasteiger partial charge in [-0.3, -0.25) is 24.0 Å². The van der Waals surface area contributed by atoms with Gasteiger partial charge >= 0.3 is 5.97 Å². The highest BCUT2D eigenvalue weighted by atomic mass is 35.5. The number of rotatable bonds is 11. The Morgan fingerprint density at radius 3 is 2.46 bits per heavy atom. The molecule has 3 atom stereocenters. The molecule has 1 aliphatic heterocycles. The summed E-state index contributed by atoms with van der Waals surface area (Å²) in [6.45, 7) is 1.75. The maximum absolute atomic E-state index is 13.0. The summed E-state index contributed by atoms with van der Waals surface area (Å²) in [5.41, 5.74) is 1.34.